The van der Waals surface area contributed by atoms with Crippen molar-refractivity contribution in [2.24, 2.45) is 5.10 Å². The van der Waals surface area contributed by atoms with Gasteiger partial charge in [-0.15, -0.1) is 0 Å². The molecule has 0 aliphatic heterocycles. The van der Waals surface area contributed by atoms with Gasteiger partial charge < -0.3 is 10.3 Å². The summed E-state index contributed by atoms with van der Waals surface area (Å²) in [5.74, 6) is -2.46. The van der Waals surface area contributed by atoms with Gasteiger partial charge in [0.15, 0.2) is 0 Å². The number of fused-ring (bicyclic) bond motifs is 1. The Morgan fingerprint density at radius 1 is 1.04 bits per heavy atom. The Bertz CT molecular complexity index is 1060. The molecule has 1 aromatic heterocycles. The maximum absolute atomic E-state index is 12.8. The lowest BCUT2D eigenvalue weighted by Gasteiger charge is -2.03. The van der Waals surface area contributed by atoms with E-state index in [1.54, 1.807) is 18.2 Å². The van der Waals surface area contributed by atoms with Crippen LogP contribution in [0.2, 0.25) is 0 Å². The van der Waals surface area contributed by atoms with Crippen LogP contribution in [-0.4, -0.2) is 23.0 Å². The first-order valence-electron chi connectivity index (χ1n) is 7.55. The van der Waals surface area contributed by atoms with Crippen LogP contribution in [0.4, 0.5) is 10.1 Å². The second-order valence-electron chi connectivity index (χ2n) is 5.30. The van der Waals surface area contributed by atoms with Gasteiger partial charge in [0.2, 0.25) is 0 Å². The van der Waals surface area contributed by atoms with Crippen LogP contribution in [-0.2, 0) is 9.59 Å². The fraction of sp³-hybridized carbons (Fsp3) is 0. The number of benzene rings is 2. The third-order valence-corrected chi connectivity index (χ3v) is 3.46. The third-order valence-electron chi connectivity index (χ3n) is 3.46. The van der Waals surface area contributed by atoms with E-state index >= 15 is 0 Å². The highest BCUT2D eigenvalue weighted by atomic mass is 19.1. The molecule has 0 bridgehead atoms. The van der Waals surface area contributed by atoms with E-state index in [2.05, 4.69) is 15.4 Å². The second kappa shape index (κ2) is 7.39. The van der Waals surface area contributed by atoms with Crippen LogP contribution < -0.4 is 16.3 Å². The molecule has 8 heteroatoms. The highest BCUT2D eigenvalue weighted by Gasteiger charge is 2.12. The Morgan fingerprint density at radius 3 is 2.54 bits per heavy atom. The number of hydrogen-bond acceptors (Lipinski definition) is 4. The van der Waals surface area contributed by atoms with Crippen molar-refractivity contribution >= 4 is 34.6 Å². The summed E-state index contributed by atoms with van der Waals surface area (Å²) in [5.41, 5.74) is 2.82. The van der Waals surface area contributed by atoms with Gasteiger partial charge in [0.1, 0.15) is 5.82 Å². The number of anilines is 1. The molecule has 0 aliphatic carbocycles. The molecule has 0 aliphatic rings. The van der Waals surface area contributed by atoms with E-state index in [-0.39, 0.29) is 16.8 Å². The molecule has 0 saturated heterocycles. The molecule has 2 aromatic carbocycles. The molecule has 0 radical (unpaired) electrons. The number of amides is 2. The van der Waals surface area contributed by atoms with Gasteiger partial charge in [-0.3, -0.25) is 14.4 Å². The van der Waals surface area contributed by atoms with E-state index in [1.165, 1.54) is 12.1 Å². The van der Waals surface area contributed by atoms with Crippen LogP contribution >= 0.6 is 0 Å². The van der Waals surface area contributed by atoms with Crippen molar-refractivity contribution < 1.29 is 14.0 Å². The van der Waals surface area contributed by atoms with Crippen molar-refractivity contribution in [1.29, 1.82) is 0 Å². The van der Waals surface area contributed by atoms with Crippen LogP contribution in [0.3, 0.4) is 0 Å². The predicted molar refractivity (Wildman–Crippen MR) is 95.3 cm³/mol. The number of aromatic amines is 1. The van der Waals surface area contributed by atoms with E-state index < -0.39 is 17.6 Å². The maximum Gasteiger partial charge on any atom is 0.329 e. The molecule has 1 heterocycles. The van der Waals surface area contributed by atoms with E-state index in [4.69, 9.17) is 0 Å². The highest BCUT2D eigenvalue weighted by Crippen LogP contribution is 2.09. The number of halogens is 1. The Labute approximate surface area is 146 Å². The standard InChI is InChI=1S/C18H13FN4O3/c19-13-5-7-14(8-6-13)21-17(25)18(26)23-20-10-12-9-11-3-1-2-4-15(11)22-16(12)24/h1-10H,(H,21,25)(H,22,24)(H,23,26). The summed E-state index contributed by atoms with van der Waals surface area (Å²) in [7, 11) is 0. The Morgan fingerprint density at radius 2 is 1.77 bits per heavy atom. The summed E-state index contributed by atoms with van der Waals surface area (Å²) in [6.07, 6.45) is 1.15. The van der Waals surface area contributed by atoms with E-state index in [0.29, 0.717) is 5.52 Å². The Kier molecular flexibility index (Phi) is 4.84. The molecule has 3 N–H and O–H groups in total. The molecule has 0 atom stereocenters. The van der Waals surface area contributed by atoms with Crippen LogP contribution in [0.25, 0.3) is 10.9 Å². The molecule has 0 saturated carbocycles. The minimum Gasteiger partial charge on any atom is -0.321 e. The van der Waals surface area contributed by atoms with Gasteiger partial charge in [-0.1, -0.05) is 18.2 Å². The van der Waals surface area contributed by atoms with Gasteiger partial charge in [-0.2, -0.15) is 5.10 Å². The van der Waals surface area contributed by atoms with Gasteiger partial charge in [0.25, 0.3) is 5.56 Å². The van der Waals surface area contributed by atoms with Crippen molar-refractivity contribution in [3.63, 3.8) is 0 Å². The molecule has 0 spiro atoms. The summed E-state index contributed by atoms with van der Waals surface area (Å²) in [6.45, 7) is 0. The molecular weight excluding hydrogens is 339 g/mol. The van der Waals surface area contributed by atoms with Crippen LogP contribution in [0.15, 0.2) is 64.5 Å². The minimum atomic E-state index is -1.03. The average molecular weight is 352 g/mol. The zero-order valence-corrected chi connectivity index (χ0v) is 13.3. The van der Waals surface area contributed by atoms with Crippen molar-refractivity contribution in [1.82, 2.24) is 10.4 Å². The van der Waals surface area contributed by atoms with Gasteiger partial charge in [0.05, 0.1) is 11.8 Å². The quantitative estimate of drug-likeness (QED) is 0.380. The van der Waals surface area contributed by atoms with Crippen molar-refractivity contribution in [3.05, 3.63) is 76.3 Å². The number of hydrogen-bond donors (Lipinski definition) is 3. The van der Waals surface area contributed by atoms with E-state index in [9.17, 15) is 18.8 Å². The largest absolute Gasteiger partial charge is 0.329 e. The summed E-state index contributed by atoms with van der Waals surface area (Å²) >= 11 is 0. The van der Waals surface area contributed by atoms with Crippen LogP contribution in [0.5, 0.6) is 0 Å². The molecule has 0 unspecified atom stereocenters. The number of carbonyl (C=O) groups excluding carboxylic acids is 2. The first-order valence-corrected chi connectivity index (χ1v) is 7.55. The highest BCUT2D eigenvalue weighted by molar-refractivity contribution is 6.39. The van der Waals surface area contributed by atoms with Crippen molar-refractivity contribution in [3.8, 4) is 0 Å². The first kappa shape index (κ1) is 17.0. The van der Waals surface area contributed by atoms with E-state index in [0.717, 1.165) is 23.7 Å². The minimum absolute atomic E-state index is 0.225. The molecule has 130 valence electrons. The number of aromatic nitrogens is 1. The molecule has 2 amide bonds. The lowest BCUT2D eigenvalue weighted by molar-refractivity contribution is -0.136. The molecule has 7 nitrogen and oxygen atoms in total. The zero-order valence-electron chi connectivity index (χ0n) is 13.3. The number of nitrogens with one attached hydrogen (secondary N) is 3. The zero-order chi connectivity index (χ0) is 18.5. The lowest BCUT2D eigenvalue weighted by atomic mass is 10.2. The van der Waals surface area contributed by atoms with Gasteiger partial charge >= 0.3 is 11.8 Å². The number of pyridine rings is 1. The summed E-state index contributed by atoms with van der Waals surface area (Å²) < 4.78 is 12.8. The van der Waals surface area contributed by atoms with Crippen molar-refractivity contribution in [2.45, 2.75) is 0 Å². The number of nitrogens with zero attached hydrogens (tertiary/aromatic N) is 1. The number of H-pyrrole nitrogens is 1. The number of para-hydroxylation sites is 1. The molecule has 0 fully saturated rings. The number of hydrazone groups is 1. The summed E-state index contributed by atoms with van der Waals surface area (Å²) in [4.78, 5) is 38.1. The second-order valence-corrected chi connectivity index (χ2v) is 5.30. The Balaban J connectivity index is 1.65. The monoisotopic (exact) mass is 352 g/mol. The SMILES string of the molecule is O=C(NN=Cc1cc2ccccc2[nH]c1=O)C(=O)Nc1ccc(F)cc1. The molecule has 3 aromatic rings. The van der Waals surface area contributed by atoms with Crippen LogP contribution in [0.1, 0.15) is 5.56 Å². The first-order chi connectivity index (χ1) is 12.5. The molecule has 3 rings (SSSR count). The average Bonchev–Trinajstić information content (AvgIpc) is 2.63. The fourth-order valence-electron chi connectivity index (χ4n) is 2.19. The van der Waals surface area contributed by atoms with Gasteiger partial charge in [-0.25, -0.2) is 9.82 Å². The normalized spacial score (nSPS) is 10.8. The van der Waals surface area contributed by atoms with Crippen molar-refractivity contribution in [2.75, 3.05) is 5.32 Å². The molecular formula is C18H13FN4O3. The number of carbonyl (C=O) groups is 2. The number of rotatable bonds is 3. The summed E-state index contributed by atoms with van der Waals surface area (Å²) in [5, 5.41) is 6.71. The van der Waals surface area contributed by atoms with Gasteiger partial charge in [-0.05, 0) is 41.8 Å². The fourth-order valence-corrected chi connectivity index (χ4v) is 2.19. The molecule has 26 heavy (non-hydrogen) atoms. The lowest BCUT2D eigenvalue weighted by Crippen LogP contribution is -2.32. The van der Waals surface area contributed by atoms with E-state index in [1.807, 2.05) is 17.6 Å². The Hall–Kier alpha value is -3.81. The summed E-state index contributed by atoms with van der Waals surface area (Å²) in [6, 6.07) is 13.8. The topological polar surface area (TPSA) is 103 Å². The van der Waals surface area contributed by atoms with Gasteiger partial charge in [0, 0.05) is 11.2 Å². The smallest absolute Gasteiger partial charge is 0.321 e. The predicted octanol–water partition coefficient (Wildman–Crippen LogP) is 1.76. The maximum atomic E-state index is 12.8. The van der Waals surface area contributed by atoms with Crippen LogP contribution in [0, 0.1) is 5.82 Å². The third kappa shape index (κ3) is 3.99.